The quantitative estimate of drug-likeness (QED) is 0.687. The van der Waals surface area contributed by atoms with Crippen molar-refractivity contribution in [3.05, 3.63) is 71.5 Å². The van der Waals surface area contributed by atoms with Gasteiger partial charge in [0.15, 0.2) is 5.16 Å². The van der Waals surface area contributed by atoms with Gasteiger partial charge in [-0.05, 0) is 61.7 Å². The highest BCUT2D eigenvalue weighted by molar-refractivity contribution is 7.99. The third kappa shape index (κ3) is 4.51. The number of nitrogens with one attached hydrogen (secondary N) is 1. The summed E-state index contributed by atoms with van der Waals surface area (Å²) in [7, 11) is 0. The Morgan fingerprint density at radius 2 is 1.84 bits per heavy atom. The van der Waals surface area contributed by atoms with Crippen LogP contribution in [0.5, 0.6) is 0 Å². The van der Waals surface area contributed by atoms with Crippen molar-refractivity contribution in [1.82, 2.24) is 9.55 Å². The molecule has 1 aromatic heterocycles. The largest absolute Gasteiger partial charge is 0.325 e. The summed E-state index contributed by atoms with van der Waals surface area (Å²) >= 11 is 1.43. The maximum Gasteiger partial charge on any atom is 0.234 e. The number of nitrogens with zero attached hydrogens (tertiary/aromatic N) is 2. The molecule has 0 aliphatic rings. The molecule has 128 valence electrons. The number of benzene rings is 2. The van der Waals surface area contributed by atoms with E-state index in [1.807, 2.05) is 42.0 Å². The van der Waals surface area contributed by atoms with Gasteiger partial charge in [0, 0.05) is 23.8 Å². The number of carbonyl (C=O) groups excluding carboxylic acids is 1. The molecule has 2 aromatic carbocycles. The smallest absolute Gasteiger partial charge is 0.234 e. The standard InChI is InChI=1S/C20H21N3OS/c1-14-5-4-6-17(10-14)22-19(24)13-25-20-21-7-8-23(20)18-11-15(2)9-16(3)12-18/h4-12H,13H2,1-3H3,(H,22,24). The van der Waals surface area contributed by atoms with Gasteiger partial charge in [0.2, 0.25) is 5.91 Å². The number of carbonyl (C=O) groups is 1. The fourth-order valence-electron chi connectivity index (χ4n) is 2.73. The van der Waals surface area contributed by atoms with Gasteiger partial charge in [0.25, 0.3) is 0 Å². The first-order valence-corrected chi connectivity index (χ1v) is 9.11. The van der Waals surface area contributed by atoms with Gasteiger partial charge in [0.05, 0.1) is 5.75 Å². The summed E-state index contributed by atoms with van der Waals surface area (Å²) in [5.41, 5.74) is 5.42. The van der Waals surface area contributed by atoms with Crippen molar-refractivity contribution in [2.24, 2.45) is 0 Å². The van der Waals surface area contributed by atoms with Crippen molar-refractivity contribution < 1.29 is 4.79 Å². The third-order valence-corrected chi connectivity index (χ3v) is 4.69. The molecule has 1 amide bonds. The molecule has 3 rings (SSSR count). The number of thioether (sulfide) groups is 1. The summed E-state index contributed by atoms with van der Waals surface area (Å²) in [5.74, 6) is 0.279. The highest BCUT2D eigenvalue weighted by Gasteiger charge is 2.10. The van der Waals surface area contributed by atoms with E-state index < -0.39 is 0 Å². The summed E-state index contributed by atoms with van der Waals surface area (Å²) in [6, 6.07) is 14.2. The van der Waals surface area contributed by atoms with Crippen molar-refractivity contribution >= 4 is 23.4 Å². The molecule has 0 saturated carbocycles. The highest BCUT2D eigenvalue weighted by Crippen LogP contribution is 2.22. The van der Waals surface area contributed by atoms with E-state index in [2.05, 4.69) is 42.3 Å². The summed E-state index contributed by atoms with van der Waals surface area (Å²) in [4.78, 5) is 16.6. The molecule has 0 bridgehead atoms. The van der Waals surface area contributed by atoms with E-state index in [1.54, 1.807) is 6.20 Å². The van der Waals surface area contributed by atoms with Gasteiger partial charge in [0.1, 0.15) is 0 Å². The Hall–Kier alpha value is -2.53. The van der Waals surface area contributed by atoms with Crippen molar-refractivity contribution in [1.29, 1.82) is 0 Å². The van der Waals surface area contributed by atoms with E-state index in [-0.39, 0.29) is 5.91 Å². The van der Waals surface area contributed by atoms with E-state index in [1.165, 1.54) is 22.9 Å². The zero-order valence-electron chi connectivity index (χ0n) is 14.6. The van der Waals surface area contributed by atoms with Crippen LogP contribution in [-0.2, 0) is 4.79 Å². The molecule has 0 fully saturated rings. The van der Waals surface area contributed by atoms with E-state index >= 15 is 0 Å². The molecule has 0 aliphatic heterocycles. The molecule has 0 spiro atoms. The van der Waals surface area contributed by atoms with Gasteiger partial charge >= 0.3 is 0 Å². The molecule has 0 aliphatic carbocycles. The number of amides is 1. The molecule has 0 atom stereocenters. The molecular weight excluding hydrogens is 330 g/mol. The number of aromatic nitrogens is 2. The van der Waals surface area contributed by atoms with E-state index in [9.17, 15) is 4.79 Å². The summed E-state index contributed by atoms with van der Waals surface area (Å²) in [5, 5.41) is 3.74. The van der Waals surface area contributed by atoms with Crippen LogP contribution < -0.4 is 5.32 Å². The molecule has 5 heteroatoms. The van der Waals surface area contributed by atoms with E-state index in [0.717, 1.165) is 22.1 Å². The molecule has 25 heavy (non-hydrogen) atoms. The Bertz CT molecular complexity index is 881. The number of hydrogen-bond donors (Lipinski definition) is 1. The third-order valence-electron chi connectivity index (χ3n) is 3.73. The molecule has 3 aromatic rings. The van der Waals surface area contributed by atoms with E-state index in [4.69, 9.17) is 0 Å². The Balaban J connectivity index is 1.68. The number of rotatable bonds is 5. The lowest BCUT2D eigenvalue weighted by atomic mass is 10.1. The zero-order chi connectivity index (χ0) is 17.8. The second kappa shape index (κ2) is 7.57. The zero-order valence-corrected chi connectivity index (χ0v) is 15.4. The lowest BCUT2D eigenvalue weighted by Crippen LogP contribution is -2.14. The average molecular weight is 351 g/mol. The van der Waals surface area contributed by atoms with E-state index in [0.29, 0.717) is 5.75 Å². The van der Waals surface area contributed by atoms with Crippen LogP contribution in [0.4, 0.5) is 5.69 Å². The van der Waals surface area contributed by atoms with Crippen LogP contribution in [0.2, 0.25) is 0 Å². The maximum absolute atomic E-state index is 12.2. The summed E-state index contributed by atoms with van der Waals surface area (Å²) in [6.07, 6.45) is 3.69. The first-order valence-electron chi connectivity index (χ1n) is 8.12. The van der Waals surface area contributed by atoms with Crippen LogP contribution in [0, 0.1) is 20.8 Å². The molecule has 0 unspecified atom stereocenters. The van der Waals surface area contributed by atoms with Crippen molar-refractivity contribution in [2.75, 3.05) is 11.1 Å². The van der Waals surface area contributed by atoms with Gasteiger partial charge in [-0.25, -0.2) is 4.98 Å². The minimum Gasteiger partial charge on any atom is -0.325 e. The topological polar surface area (TPSA) is 46.9 Å². The molecular formula is C20H21N3OS. The Morgan fingerprint density at radius 1 is 1.08 bits per heavy atom. The fraction of sp³-hybridized carbons (Fsp3) is 0.200. The second-order valence-corrected chi connectivity index (χ2v) is 7.07. The van der Waals surface area contributed by atoms with Gasteiger partial charge < -0.3 is 5.32 Å². The lowest BCUT2D eigenvalue weighted by Gasteiger charge is -2.10. The average Bonchev–Trinajstić information content (AvgIpc) is 3.00. The van der Waals surface area contributed by atoms with Crippen LogP contribution in [0.1, 0.15) is 16.7 Å². The first-order chi connectivity index (χ1) is 12.0. The molecule has 1 N–H and O–H groups in total. The van der Waals surface area contributed by atoms with Crippen molar-refractivity contribution in [3.63, 3.8) is 0 Å². The Morgan fingerprint density at radius 3 is 2.56 bits per heavy atom. The lowest BCUT2D eigenvalue weighted by molar-refractivity contribution is -0.113. The van der Waals surface area contributed by atoms with Crippen LogP contribution >= 0.6 is 11.8 Å². The predicted molar refractivity (Wildman–Crippen MR) is 104 cm³/mol. The number of anilines is 1. The van der Waals surface area contributed by atoms with Crippen molar-refractivity contribution in [3.8, 4) is 5.69 Å². The van der Waals surface area contributed by atoms with Crippen molar-refractivity contribution in [2.45, 2.75) is 25.9 Å². The first kappa shape index (κ1) is 17.3. The molecule has 0 radical (unpaired) electrons. The summed E-state index contributed by atoms with van der Waals surface area (Å²) < 4.78 is 2.02. The van der Waals surface area contributed by atoms with Crippen LogP contribution in [0.25, 0.3) is 5.69 Å². The van der Waals surface area contributed by atoms with Crippen LogP contribution in [0.3, 0.4) is 0 Å². The van der Waals surface area contributed by atoms with Crippen LogP contribution in [-0.4, -0.2) is 21.2 Å². The minimum absolute atomic E-state index is 0.0365. The van der Waals surface area contributed by atoms with Gasteiger partial charge in [-0.3, -0.25) is 9.36 Å². The summed E-state index contributed by atoms with van der Waals surface area (Å²) in [6.45, 7) is 6.16. The molecule has 0 saturated heterocycles. The SMILES string of the molecule is Cc1cccc(NC(=O)CSc2nccn2-c2cc(C)cc(C)c2)c1. The Labute approximate surface area is 152 Å². The van der Waals surface area contributed by atoms with Gasteiger partial charge in [-0.15, -0.1) is 0 Å². The fourth-order valence-corrected chi connectivity index (χ4v) is 3.51. The Kier molecular flexibility index (Phi) is 5.24. The molecule has 4 nitrogen and oxygen atoms in total. The second-order valence-electron chi connectivity index (χ2n) is 6.13. The predicted octanol–water partition coefficient (Wildman–Crippen LogP) is 4.53. The van der Waals surface area contributed by atoms with Crippen LogP contribution in [0.15, 0.2) is 60.0 Å². The maximum atomic E-state index is 12.2. The normalized spacial score (nSPS) is 10.7. The monoisotopic (exact) mass is 351 g/mol. The van der Waals surface area contributed by atoms with Gasteiger partial charge in [-0.1, -0.05) is 30.0 Å². The minimum atomic E-state index is -0.0365. The number of hydrogen-bond acceptors (Lipinski definition) is 3. The number of aryl methyl sites for hydroxylation is 3. The highest BCUT2D eigenvalue weighted by atomic mass is 32.2. The van der Waals surface area contributed by atoms with Gasteiger partial charge in [-0.2, -0.15) is 0 Å². The number of imidazole rings is 1. The molecule has 1 heterocycles.